The van der Waals surface area contributed by atoms with Crippen molar-refractivity contribution in [1.82, 2.24) is 0 Å². The highest BCUT2D eigenvalue weighted by atomic mass is 31.2. The molecule has 3 N–H and O–H groups in total. The van der Waals surface area contributed by atoms with Crippen molar-refractivity contribution in [1.29, 1.82) is 0 Å². The smallest absolute Gasteiger partial charge is 0.303 e. The molecule has 0 saturated heterocycles. The number of likely N-dealkylation sites (N-methyl/N-ethyl adjacent to an activating group) is 1. The second-order valence-corrected chi connectivity index (χ2v) is 27.7. The lowest BCUT2D eigenvalue weighted by Crippen LogP contribution is -2.63. The van der Waals surface area contributed by atoms with Gasteiger partial charge >= 0.3 is 5.97 Å². The average Bonchev–Trinajstić information content (AvgIpc) is 3.82. The maximum Gasteiger partial charge on any atom is 0.303 e. The van der Waals surface area contributed by atoms with Gasteiger partial charge in [-0.3, -0.25) is 14.2 Å². The molecule has 6 fully saturated rings. The van der Waals surface area contributed by atoms with Crippen molar-refractivity contribution in [2.45, 2.75) is 174 Å². The number of ketones is 1. The molecule has 8 aliphatic rings. The molecule has 0 radical (unpaired) electrons. The minimum absolute atomic E-state index is 0.0423. The Labute approximate surface area is 426 Å². The molecule has 2 unspecified atom stereocenters. The Morgan fingerprint density at radius 3 is 2.38 bits per heavy atom. The first kappa shape index (κ1) is 52.6. The van der Waals surface area contributed by atoms with E-state index in [0.717, 1.165) is 82.9 Å². The number of aliphatic carboxylic acids is 1. The number of nitrogens with zero attached hydrogens (tertiary/aromatic N) is 1. The molecule has 0 spiro atoms. The molecule has 8 aliphatic carbocycles. The first-order valence-corrected chi connectivity index (χ1v) is 29.6. The predicted molar refractivity (Wildman–Crippen MR) is 283 cm³/mol. The Morgan fingerprint density at radius 2 is 1.69 bits per heavy atom. The van der Waals surface area contributed by atoms with Crippen molar-refractivity contribution in [3.63, 3.8) is 0 Å². The van der Waals surface area contributed by atoms with Crippen LogP contribution in [-0.4, -0.2) is 83.0 Å². The predicted octanol–water partition coefficient (Wildman–Crippen LogP) is 12.3. The molecule has 10 heteroatoms. The van der Waals surface area contributed by atoms with Crippen LogP contribution in [0.15, 0.2) is 72.4 Å². The van der Waals surface area contributed by atoms with E-state index in [-0.39, 0.29) is 81.6 Å². The van der Waals surface area contributed by atoms with Crippen molar-refractivity contribution in [2.75, 3.05) is 37.4 Å². The van der Waals surface area contributed by atoms with Crippen LogP contribution >= 0.6 is 7.37 Å². The van der Waals surface area contributed by atoms with Crippen LogP contribution in [0.5, 0.6) is 0 Å². The lowest BCUT2D eigenvalue weighted by molar-refractivity contribution is -0.214. The minimum atomic E-state index is -3.11. The minimum Gasteiger partial charge on any atom is -0.481 e. The van der Waals surface area contributed by atoms with Gasteiger partial charge in [-0.15, -0.1) is 19.1 Å². The molecule has 1 aromatic rings. The van der Waals surface area contributed by atoms with Gasteiger partial charge in [0.1, 0.15) is 5.60 Å². The molecule has 0 bridgehead atoms. The number of aliphatic hydroxyl groups excluding tert-OH is 1. The van der Waals surface area contributed by atoms with E-state index in [1.165, 1.54) is 22.3 Å². The van der Waals surface area contributed by atoms with Crippen LogP contribution < -0.4 is 4.90 Å². The molecular formula is C61H86NO8P. The van der Waals surface area contributed by atoms with Crippen LogP contribution in [0.1, 0.15) is 156 Å². The summed E-state index contributed by atoms with van der Waals surface area (Å²) in [6.45, 7) is 22.5. The van der Waals surface area contributed by atoms with Gasteiger partial charge in [-0.25, -0.2) is 0 Å². The van der Waals surface area contributed by atoms with Crippen LogP contribution in [0.25, 0.3) is 0 Å². The Balaban J connectivity index is 0.907. The first-order valence-electron chi connectivity index (χ1n) is 27.6. The lowest BCUT2D eigenvalue weighted by Gasteiger charge is -2.65. The van der Waals surface area contributed by atoms with Gasteiger partial charge in [0.2, 0.25) is 7.37 Å². The molecule has 0 aromatic heterocycles. The number of carboxylic acids is 1. The normalized spacial score (nSPS) is 40.9. The van der Waals surface area contributed by atoms with E-state index in [0.29, 0.717) is 56.4 Å². The lowest BCUT2D eigenvalue weighted by atomic mass is 9.42. The number of fused-ring (bicyclic) bond motifs is 9. The average molecular weight is 992 g/mol. The quantitative estimate of drug-likeness (QED) is 0.0841. The number of carbonyl (C=O) groups is 2. The Bertz CT molecular complexity index is 2400. The SMILES string of the molecule is C=CCP(=O)(CC=C)O[C@@H]1C[C@@H]2C[C@@](C)(OCCN(C)c3ccc([C@@H]4C[C@@]5(C)C(CC[C@]5(O)C#CC)C5CCC6=CC(=O)CCC6=C54)cc3)CC[C@]2(C)[C@H]2C[C@H](O)[C@]3(C)[C@@H]([C@H](C)CCC(=O)O)CC[C@H]3[C@H]12. The highest BCUT2D eigenvalue weighted by molar-refractivity contribution is 7.59. The maximum atomic E-state index is 14.6. The number of aliphatic hydroxyl groups is 2. The Hall–Kier alpha value is -3.25. The van der Waals surface area contributed by atoms with Gasteiger partial charge in [0.05, 0.1) is 24.4 Å². The van der Waals surface area contributed by atoms with Crippen LogP contribution in [0.2, 0.25) is 0 Å². The molecular weight excluding hydrogens is 906 g/mol. The summed E-state index contributed by atoms with van der Waals surface area (Å²) in [6.07, 6.45) is 18.0. The number of hydrogen-bond acceptors (Lipinski definition) is 8. The summed E-state index contributed by atoms with van der Waals surface area (Å²) in [7, 11) is -0.973. The summed E-state index contributed by atoms with van der Waals surface area (Å²) in [5.41, 5.74) is 4.50. The molecule has 9 rings (SSSR count). The van der Waals surface area contributed by atoms with Crippen molar-refractivity contribution < 1.29 is 38.7 Å². The Morgan fingerprint density at radius 1 is 0.958 bits per heavy atom. The first-order chi connectivity index (χ1) is 33.7. The molecule has 0 heterocycles. The van der Waals surface area contributed by atoms with Crippen LogP contribution in [0.4, 0.5) is 5.69 Å². The molecule has 0 amide bonds. The van der Waals surface area contributed by atoms with Gasteiger partial charge in [0.25, 0.3) is 0 Å². The van der Waals surface area contributed by atoms with Gasteiger partial charge in [-0.2, -0.15) is 0 Å². The number of rotatable bonds is 16. The standard InChI is InChI=1S/C61H86NO8P/c1-10-26-61(67)27-25-49-46-20-16-41-34-44(63)19-21-45(41)55(46)47(38-59(49,61)7)40-14-17-43(18-15-40)62(9)30-31-69-57(5)28-29-58(6)42(37-57)35-52(70-71(68,32-11-2)33-12-3)56-50-23-22-48(39(4)13-24-54(65)66)60(50,8)53(64)36-51(56)58/h11-12,14-15,17-18,34,39,42,46-53,56,64,67H,2-3,13,16,19-25,27-33,35-38H2,1,4-9H3,(H,65,66)/t39-,42-,46?,47+,48-,49?,50+,51+,52-,53+,56+,57+,58+,59+,60-,61-/m1/s1. The fraction of sp³-hybridized carbons (Fsp3) is 0.705. The van der Waals surface area contributed by atoms with Crippen LogP contribution in [0, 0.1) is 75.4 Å². The van der Waals surface area contributed by atoms with Crippen molar-refractivity contribution in [3.05, 3.63) is 77.9 Å². The van der Waals surface area contributed by atoms with Crippen molar-refractivity contribution in [3.8, 4) is 11.8 Å². The number of hydrogen-bond donors (Lipinski definition) is 3. The van der Waals surface area contributed by atoms with Gasteiger partial charge in [0, 0.05) is 55.8 Å². The molecule has 16 atom stereocenters. The monoisotopic (exact) mass is 992 g/mol. The van der Waals surface area contributed by atoms with Gasteiger partial charge in [-0.1, -0.05) is 63.5 Å². The fourth-order valence-corrected chi connectivity index (χ4v) is 19.6. The highest BCUT2D eigenvalue weighted by Crippen LogP contribution is 2.71. The van der Waals surface area contributed by atoms with E-state index >= 15 is 0 Å². The molecule has 0 aliphatic heterocycles. The zero-order chi connectivity index (χ0) is 50.9. The zero-order valence-electron chi connectivity index (χ0n) is 44.2. The molecule has 388 valence electrons. The van der Waals surface area contributed by atoms with E-state index in [2.05, 4.69) is 95.8 Å². The van der Waals surface area contributed by atoms with Gasteiger partial charge in [0.15, 0.2) is 5.78 Å². The summed E-state index contributed by atoms with van der Waals surface area (Å²) in [6, 6.07) is 9.10. The van der Waals surface area contributed by atoms with Gasteiger partial charge < -0.3 is 29.5 Å². The number of allylic oxidation sites excluding steroid dienone is 6. The Kier molecular flexibility index (Phi) is 14.7. The number of carbonyl (C=O) groups excluding carboxylic acids is 1. The zero-order valence-corrected chi connectivity index (χ0v) is 45.1. The van der Waals surface area contributed by atoms with Gasteiger partial charge in [-0.05, 0) is 197 Å². The third kappa shape index (κ3) is 9.16. The molecule has 9 nitrogen and oxygen atoms in total. The van der Waals surface area contributed by atoms with E-state index in [1.54, 1.807) is 12.2 Å². The third-order valence-electron chi connectivity index (χ3n) is 21.6. The number of carboxylic acid groups (broad SMARTS) is 1. The molecule has 1 aromatic carbocycles. The van der Waals surface area contributed by atoms with E-state index in [4.69, 9.17) is 9.26 Å². The topological polar surface area (TPSA) is 134 Å². The highest BCUT2D eigenvalue weighted by Gasteiger charge is 2.68. The van der Waals surface area contributed by atoms with Crippen molar-refractivity contribution >= 4 is 24.8 Å². The number of ether oxygens (including phenoxy) is 1. The van der Waals surface area contributed by atoms with Crippen molar-refractivity contribution in [2.24, 2.45) is 63.6 Å². The van der Waals surface area contributed by atoms with E-state index in [9.17, 15) is 29.5 Å². The van der Waals surface area contributed by atoms with Crippen LogP contribution in [-0.2, 0) is 23.4 Å². The molecule has 71 heavy (non-hydrogen) atoms. The summed E-state index contributed by atoms with van der Waals surface area (Å²) < 4.78 is 28.6. The maximum absolute atomic E-state index is 14.6. The second kappa shape index (κ2) is 19.8. The fourth-order valence-electron chi connectivity index (χ4n) is 17.8. The largest absolute Gasteiger partial charge is 0.481 e. The number of anilines is 1. The summed E-state index contributed by atoms with van der Waals surface area (Å²) >= 11 is 0. The van der Waals surface area contributed by atoms with E-state index in [1.807, 2.05) is 13.0 Å². The van der Waals surface area contributed by atoms with Crippen LogP contribution in [0.3, 0.4) is 0 Å². The molecule has 6 saturated carbocycles. The van der Waals surface area contributed by atoms with E-state index < -0.39 is 25.0 Å². The number of benzene rings is 1. The second-order valence-electron chi connectivity index (χ2n) is 25.1. The summed E-state index contributed by atoms with van der Waals surface area (Å²) in [5.74, 6) is 7.94. The third-order valence-corrected chi connectivity index (χ3v) is 23.9. The summed E-state index contributed by atoms with van der Waals surface area (Å²) in [4.78, 5) is 26.5. The summed E-state index contributed by atoms with van der Waals surface area (Å²) in [5, 5.41) is 34.1.